The SMILES string of the molecule is CCn1c(SCC(=O)NCCOc2cccc(C)c2)nnc1-c1ccc(Cl)cc1. The van der Waals surface area contributed by atoms with Crippen LogP contribution < -0.4 is 10.1 Å². The second kappa shape index (κ2) is 10.3. The fraction of sp³-hybridized carbons (Fsp3) is 0.286. The predicted molar refractivity (Wildman–Crippen MR) is 117 cm³/mol. The summed E-state index contributed by atoms with van der Waals surface area (Å²) in [5.41, 5.74) is 2.08. The molecule has 2 aromatic carbocycles. The minimum absolute atomic E-state index is 0.0680. The van der Waals surface area contributed by atoms with E-state index < -0.39 is 0 Å². The standard InChI is InChI=1S/C21H23ClN4O2S/c1-3-26-20(16-7-9-17(22)10-8-16)24-25-21(26)29-14-19(27)23-11-12-28-18-6-4-5-15(2)13-18/h4-10,13H,3,11-12,14H2,1-2H3,(H,23,27). The molecule has 0 aliphatic rings. The van der Waals surface area contributed by atoms with Crippen molar-refractivity contribution in [2.45, 2.75) is 25.5 Å². The number of ether oxygens (including phenoxy) is 1. The van der Waals surface area contributed by atoms with Crippen LogP contribution in [0.4, 0.5) is 0 Å². The lowest BCUT2D eigenvalue weighted by Gasteiger charge is -2.09. The normalized spacial score (nSPS) is 10.7. The molecule has 3 rings (SSSR count). The second-order valence-corrected chi connectivity index (χ2v) is 7.74. The smallest absolute Gasteiger partial charge is 0.230 e. The molecular weight excluding hydrogens is 408 g/mol. The van der Waals surface area contributed by atoms with Crippen LogP contribution in [0.1, 0.15) is 12.5 Å². The Morgan fingerprint density at radius 1 is 1.21 bits per heavy atom. The number of benzene rings is 2. The largest absolute Gasteiger partial charge is 0.492 e. The molecule has 0 aliphatic carbocycles. The zero-order valence-corrected chi connectivity index (χ0v) is 18.0. The van der Waals surface area contributed by atoms with E-state index in [9.17, 15) is 4.79 Å². The zero-order valence-electron chi connectivity index (χ0n) is 16.4. The number of hydrogen-bond acceptors (Lipinski definition) is 5. The van der Waals surface area contributed by atoms with Crippen molar-refractivity contribution in [1.29, 1.82) is 0 Å². The van der Waals surface area contributed by atoms with E-state index in [1.807, 2.05) is 66.9 Å². The molecule has 1 N–H and O–H groups in total. The van der Waals surface area contributed by atoms with Crippen molar-refractivity contribution in [3.8, 4) is 17.1 Å². The number of aryl methyl sites for hydroxylation is 1. The third-order valence-corrected chi connectivity index (χ3v) is 5.37. The third kappa shape index (κ3) is 5.98. The molecule has 0 aliphatic heterocycles. The predicted octanol–water partition coefficient (Wildman–Crippen LogP) is 4.21. The van der Waals surface area contributed by atoms with Crippen LogP contribution in [0.2, 0.25) is 5.02 Å². The number of thioether (sulfide) groups is 1. The number of amides is 1. The molecule has 0 unspecified atom stereocenters. The van der Waals surface area contributed by atoms with Crippen LogP contribution in [-0.4, -0.2) is 39.6 Å². The Labute approximate surface area is 179 Å². The van der Waals surface area contributed by atoms with Crippen molar-refractivity contribution in [2.75, 3.05) is 18.9 Å². The van der Waals surface area contributed by atoms with Gasteiger partial charge in [-0.25, -0.2) is 0 Å². The lowest BCUT2D eigenvalue weighted by atomic mass is 10.2. The number of carbonyl (C=O) groups excluding carboxylic acids is 1. The highest BCUT2D eigenvalue weighted by Gasteiger charge is 2.14. The van der Waals surface area contributed by atoms with Crippen molar-refractivity contribution in [3.05, 3.63) is 59.1 Å². The Kier molecular flexibility index (Phi) is 7.55. The van der Waals surface area contributed by atoms with E-state index in [2.05, 4.69) is 15.5 Å². The van der Waals surface area contributed by atoms with Gasteiger partial charge in [-0.1, -0.05) is 35.5 Å². The Hall–Kier alpha value is -2.51. The van der Waals surface area contributed by atoms with Crippen LogP contribution in [0.3, 0.4) is 0 Å². The average Bonchev–Trinajstić information content (AvgIpc) is 3.13. The van der Waals surface area contributed by atoms with Crippen LogP contribution in [0.25, 0.3) is 11.4 Å². The highest BCUT2D eigenvalue weighted by Crippen LogP contribution is 2.25. The van der Waals surface area contributed by atoms with Crippen molar-refractivity contribution in [3.63, 3.8) is 0 Å². The van der Waals surface area contributed by atoms with Gasteiger partial charge in [-0.05, 0) is 55.8 Å². The highest BCUT2D eigenvalue weighted by molar-refractivity contribution is 7.99. The van der Waals surface area contributed by atoms with E-state index in [-0.39, 0.29) is 11.7 Å². The molecule has 0 saturated heterocycles. The summed E-state index contributed by atoms with van der Waals surface area (Å²) in [4.78, 5) is 12.1. The second-order valence-electron chi connectivity index (χ2n) is 6.36. The van der Waals surface area contributed by atoms with Crippen LogP contribution in [0.15, 0.2) is 53.7 Å². The summed E-state index contributed by atoms with van der Waals surface area (Å²) in [6.45, 7) is 5.61. The van der Waals surface area contributed by atoms with Crippen molar-refractivity contribution in [2.24, 2.45) is 0 Å². The molecule has 0 saturated carbocycles. The average molecular weight is 431 g/mol. The molecule has 0 fully saturated rings. The number of aromatic nitrogens is 3. The maximum atomic E-state index is 12.1. The van der Waals surface area contributed by atoms with Crippen LogP contribution in [0.5, 0.6) is 5.75 Å². The van der Waals surface area contributed by atoms with Gasteiger partial charge < -0.3 is 14.6 Å². The maximum Gasteiger partial charge on any atom is 0.230 e. The van der Waals surface area contributed by atoms with Gasteiger partial charge in [0.25, 0.3) is 0 Å². The van der Waals surface area contributed by atoms with Gasteiger partial charge in [-0.2, -0.15) is 0 Å². The molecular formula is C21H23ClN4O2S. The van der Waals surface area contributed by atoms with E-state index in [0.29, 0.717) is 29.9 Å². The van der Waals surface area contributed by atoms with Gasteiger partial charge in [0.15, 0.2) is 11.0 Å². The summed E-state index contributed by atoms with van der Waals surface area (Å²) in [5.74, 6) is 1.77. The molecule has 1 aromatic heterocycles. The minimum atomic E-state index is -0.0680. The Morgan fingerprint density at radius 3 is 2.72 bits per heavy atom. The first-order valence-electron chi connectivity index (χ1n) is 9.35. The lowest BCUT2D eigenvalue weighted by Crippen LogP contribution is -2.29. The van der Waals surface area contributed by atoms with Crippen LogP contribution in [-0.2, 0) is 11.3 Å². The summed E-state index contributed by atoms with van der Waals surface area (Å²) in [6, 6.07) is 15.3. The monoisotopic (exact) mass is 430 g/mol. The first kappa shape index (κ1) is 21.2. The van der Waals surface area contributed by atoms with Crippen LogP contribution >= 0.6 is 23.4 Å². The van der Waals surface area contributed by atoms with Crippen molar-refractivity contribution < 1.29 is 9.53 Å². The third-order valence-electron chi connectivity index (χ3n) is 4.15. The number of nitrogens with zero attached hydrogens (tertiary/aromatic N) is 3. The number of carbonyl (C=O) groups is 1. The van der Waals surface area contributed by atoms with Crippen molar-refractivity contribution >= 4 is 29.3 Å². The summed E-state index contributed by atoms with van der Waals surface area (Å²) >= 11 is 7.32. The molecule has 152 valence electrons. The topological polar surface area (TPSA) is 69.0 Å². The molecule has 0 atom stereocenters. The summed E-state index contributed by atoms with van der Waals surface area (Å²) < 4.78 is 7.63. The van der Waals surface area contributed by atoms with E-state index in [0.717, 1.165) is 22.7 Å². The zero-order chi connectivity index (χ0) is 20.6. The van der Waals surface area contributed by atoms with E-state index >= 15 is 0 Å². The number of hydrogen-bond donors (Lipinski definition) is 1. The molecule has 0 bridgehead atoms. The van der Waals surface area contributed by atoms with Gasteiger partial charge >= 0.3 is 0 Å². The molecule has 1 amide bonds. The summed E-state index contributed by atoms with van der Waals surface area (Å²) in [7, 11) is 0. The van der Waals surface area contributed by atoms with Crippen LogP contribution in [0, 0.1) is 6.92 Å². The van der Waals surface area contributed by atoms with Gasteiger partial charge in [0.2, 0.25) is 5.91 Å². The minimum Gasteiger partial charge on any atom is -0.492 e. The quantitative estimate of drug-likeness (QED) is 0.406. The molecule has 3 aromatic rings. The van der Waals surface area contributed by atoms with E-state index in [1.54, 1.807) is 0 Å². The summed E-state index contributed by atoms with van der Waals surface area (Å²) in [6.07, 6.45) is 0. The maximum absolute atomic E-state index is 12.1. The van der Waals surface area contributed by atoms with E-state index in [4.69, 9.17) is 16.3 Å². The van der Waals surface area contributed by atoms with E-state index in [1.165, 1.54) is 11.8 Å². The molecule has 0 spiro atoms. The first-order chi connectivity index (χ1) is 14.1. The van der Waals surface area contributed by atoms with Gasteiger partial charge in [0, 0.05) is 17.1 Å². The molecule has 1 heterocycles. The first-order valence-corrected chi connectivity index (χ1v) is 10.7. The molecule has 29 heavy (non-hydrogen) atoms. The molecule has 0 radical (unpaired) electrons. The molecule has 6 nitrogen and oxygen atoms in total. The Balaban J connectivity index is 1.48. The van der Waals surface area contributed by atoms with Gasteiger partial charge in [0.1, 0.15) is 12.4 Å². The Bertz CT molecular complexity index is 960. The number of rotatable bonds is 9. The van der Waals surface area contributed by atoms with Gasteiger partial charge in [-0.3, -0.25) is 4.79 Å². The number of halogens is 1. The highest BCUT2D eigenvalue weighted by atomic mass is 35.5. The van der Waals surface area contributed by atoms with Gasteiger partial charge in [0.05, 0.1) is 12.3 Å². The fourth-order valence-electron chi connectivity index (χ4n) is 2.74. The Morgan fingerprint density at radius 2 is 2.00 bits per heavy atom. The summed E-state index contributed by atoms with van der Waals surface area (Å²) in [5, 5.41) is 12.8. The van der Waals surface area contributed by atoms with Crippen molar-refractivity contribution in [1.82, 2.24) is 20.1 Å². The fourth-order valence-corrected chi connectivity index (χ4v) is 3.70. The lowest BCUT2D eigenvalue weighted by molar-refractivity contribution is -0.118. The van der Waals surface area contributed by atoms with Gasteiger partial charge in [-0.15, -0.1) is 10.2 Å². The molecule has 8 heteroatoms. The number of nitrogens with one attached hydrogen (secondary N) is 1.